The summed E-state index contributed by atoms with van der Waals surface area (Å²) in [5.41, 5.74) is 9.00. The van der Waals surface area contributed by atoms with Crippen LogP contribution in [0.25, 0.3) is 11.4 Å². The summed E-state index contributed by atoms with van der Waals surface area (Å²) in [5, 5.41) is 12.6. The van der Waals surface area contributed by atoms with Crippen molar-refractivity contribution < 1.29 is 9.59 Å². The first-order valence-electron chi connectivity index (χ1n) is 11.8. The van der Waals surface area contributed by atoms with Gasteiger partial charge in [-0.05, 0) is 34.0 Å². The Labute approximate surface area is 213 Å². The number of amides is 2. The maximum atomic E-state index is 13.1. The van der Waals surface area contributed by atoms with Gasteiger partial charge in [0.2, 0.25) is 11.7 Å². The molecule has 4 aromatic carbocycles. The summed E-state index contributed by atoms with van der Waals surface area (Å²) >= 11 is 0. The predicted octanol–water partition coefficient (Wildman–Crippen LogP) is 3.98. The Balaban J connectivity index is 1.21. The number of hydrogen-bond acceptors (Lipinski definition) is 5. The Kier molecular flexibility index (Phi) is 7.08. The van der Waals surface area contributed by atoms with Gasteiger partial charge in [0.25, 0.3) is 5.91 Å². The van der Waals surface area contributed by atoms with Gasteiger partial charge < -0.3 is 0 Å². The van der Waals surface area contributed by atoms with Crippen molar-refractivity contribution in [1.29, 1.82) is 0 Å². The highest BCUT2D eigenvalue weighted by atomic mass is 16.2. The second kappa shape index (κ2) is 11.1. The Hall–Kier alpha value is -5.11. The van der Waals surface area contributed by atoms with Gasteiger partial charge in [0.05, 0.1) is 12.5 Å². The van der Waals surface area contributed by atoms with Crippen molar-refractivity contribution in [3.8, 4) is 11.4 Å². The normalized spacial score (nSPS) is 10.7. The van der Waals surface area contributed by atoms with E-state index in [0.29, 0.717) is 17.9 Å². The number of nitrogens with zero attached hydrogens (tertiary/aromatic N) is 4. The minimum absolute atomic E-state index is 0.325. The minimum atomic E-state index is -0.555. The second-order valence-electron chi connectivity index (χ2n) is 8.40. The molecule has 5 rings (SSSR count). The molecule has 0 saturated carbocycles. The SMILES string of the molecule is O=C(NNC(=O)C(c1ccccc1)c1ccccc1)c1ccc(Cn2nnc(-c3ccccc3)n2)cc1. The van der Waals surface area contributed by atoms with Crippen molar-refractivity contribution in [2.75, 3.05) is 0 Å². The molecule has 0 radical (unpaired) electrons. The van der Waals surface area contributed by atoms with Crippen molar-refractivity contribution in [2.45, 2.75) is 12.5 Å². The summed E-state index contributed by atoms with van der Waals surface area (Å²) in [6.45, 7) is 0.411. The first-order valence-corrected chi connectivity index (χ1v) is 11.8. The van der Waals surface area contributed by atoms with E-state index in [-0.39, 0.29) is 5.91 Å². The lowest BCUT2D eigenvalue weighted by atomic mass is 9.91. The summed E-state index contributed by atoms with van der Waals surface area (Å²) in [4.78, 5) is 27.3. The number of carbonyl (C=O) groups excluding carboxylic acids is 2. The third-order valence-electron chi connectivity index (χ3n) is 5.85. The van der Waals surface area contributed by atoms with E-state index in [1.54, 1.807) is 12.1 Å². The van der Waals surface area contributed by atoms with E-state index in [2.05, 4.69) is 26.3 Å². The van der Waals surface area contributed by atoms with Crippen LogP contribution >= 0.6 is 0 Å². The van der Waals surface area contributed by atoms with Gasteiger partial charge in [-0.1, -0.05) is 103 Å². The number of hydrogen-bond donors (Lipinski definition) is 2. The molecule has 0 unspecified atom stereocenters. The maximum Gasteiger partial charge on any atom is 0.269 e. The number of hydrazine groups is 1. The molecule has 182 valence electrons. The van der Waals surface area contributed by atoms with Gasteiger partial charge in [-0.15, -0.1) is 10.2 Å². The average molecular weight is 489 g/mol. The van der Waals surface area contributed by atoms with E-state index in [4.69, 9.17) is 0 Å². The van der Waals surface area contributed by atoms with Crippen LogP contribution in [-0.2, 0) is 11.3 Å². The number of tetrazole rings is 1. The summed E-state index contributed by atoms with van der Waals surface area (Å²) in [7, 11) is 0. The molecule has 0 bridgehead atoms. The van der Waals surface area contributed by atoms with E-state index in [0.717, 1.165) is 22.3 Å². The first-order chi connectivity index (χ1) is 18.2. The van der Waals surface area contributed by atoms with Crippen LogP contribution in [0.1, 0.15) is 33.0 Å². The molecule has 0 aliphatic carbocycles. The van der Waals surface area contributed by atoms with Crippen molar-refractivity contribution in [2.24, 2.45) is 0 Å². The van der Waals surface area contributed by atoms with Crippen LogP contribution in [-0.4, -0.2) is 32.0 Å². The summed E-state index contributed by atoms with van der Waals surface area (Å²) in [6, 6.07) is 35.6. The lowest BCUT2D eigenvalue weighted by Crippen LogP contribution is -2.44. The van der Waals surface area contributed by atoms with Crippen molar-refractivity contribution >= 4 is 11.8 Å². The monoisotopic (exact) mass is 488 g/mol. The van der Waals surface area contributed by atoms with E-state index in [1.165, 1.54) is 4.80 Å². The van der Waals surface area contributed by atoms with E-state index in [1.807, 2.05) is 103 Å². The Morgan fingerprint density at radius 1 is 0.703 bits per heavy atom. The number of carbonyl (C=O) groups is 2. The minimum Gasteiger partial charge on any atom is -0.272 e. The molecular formula is C29H24N6O2. The standard InChI is InChI=1S/C29H24N6O2/c36-28(31-32-29(37)26(22-10-4-1-5-11-22)23-12-6-2-7-13-23)25-18-16-21(17-19-25)20-35-33-27(30-34-35)24-14-8-3-9-15-24/h1-19,26H,20H2,(H,31,36)(H,32,37). The largest absolute Gasteiger partial charge is 0.272 e. The van der Waals surface area contributed by atoms with Crippen LogP contribution in [0.15, 0.2) is 115 Å². The second-order valence-corrected chi connectivity index (χ2v) is 8.40. The molecular weight excluding hydrogens is 464 g/mol. The molecule has 0 spiro atoms. The summed E-state index contributed by atoms with van der Waals surface area (Å²) in [5.74, 6) is -0.739. The maximum absolute atomic E-state index is 13.1. The summed E-state index contributed by atoms with van der Waals surface area (Å²) in [6.07, 6.45) is 0. The van der Waals surface area contributed by atoms with Gasteiger partial charge in [-0.25, -0.2) is 0 Å². The van der Waals surface area contributed by atoms with E-state index < -0.39 is 11.8 Å². The number of benzene rings is 4. The van der Waals surface area contributed by atoms with Crippen LogP contribution in [0.5, 0.6) is 0 Å². The third-order valence-corrected chi connectivity index (χ3v) is 5.85. The third kappa shape index (κ3) is 5.76. The van der Waals surface area contributed by atoms with Crippen molar-refractivity contribution in [3.05, 3.63) is 138 Å². The summed E-state index contributed by atoms with van der Waals surface area (Å²) < 4.78 is 0. The van der Waals surface area contributed by atoms with Crippen LogP contribution in [0, 0.1) is 0 Å². The van der Waals surface area contributed by atoms with Crippen molar-refractivity contribution in [3.63, 3.8) is 0 Å². The highest BCUT2D eigenvalue weighted by Gasteiger charge is 2.23. The Morgan fingerprint density at radius 3 is 1.86 bits per heavy atom. The molecule has 2 amide bonds. The first kappa shape index (κ1) is 23.6. The topological polar surface area (TPSA) is 102 Å². The van der Waals surface area contributed by atoms with Crippen LogP contribution in [0.3, 0.4) is 0 Å². The van der Waals surface area contributed by atoms with Gasteiger partial charge >= 0.3 is 0 Å². The zero-order chi connectivity index (χ0) is 25.5. The number of rotatable bonds is 7. The molecule has 8 heteroatoms. The fourth-order valence-electron chi connectivity index (χ4n) is 3.99. The molecule has 0 aliphatic heterocycles. The number of nitrogens with one attached hydrogen (secondary N) is 2. The van der Waals surface area contributed by atoms with Gasteiger partial charge in [-0.2, -0.15) is 4.80 Å². The van der Waals surface area contributed by atoms with Crippen LogP contribution in [0.4, 0.5) is 0 Å². The fraction of sp³-hybridized carbons (Fsp3) is 0.0690. The van der Waals surface area contributed by atoms with Crippen LogP contribution in [0.2, 0.25) is 0 Å². The van der Waals surface area contributed by atoms with Gasteiger partial charge in [-0.3, -0.25) is 20.4 Å². The van der Waals surface area contributed by atoms with E-state index >= 15 is 0 Å². The molecule has 1 aromatic heterocycles. The van der Waals surface area contributed by atoms with Gasteiger partial charge in [0.15, 0.2) is 0 Å². The smallest absolute Gasteiger partial charge is 0.269 e. The molecule has 1 heterocycles. The molecule has 5 aromatic rings. The van der Waals surface area contributed by atoms with Gasteiger partial charge in [0, 0.05) is 11.1 Å². The molecule has 37 heavy (non-hydrogen) atoms. The molecule has 0 fully saturated rings. The number of aromatic nitrogens is 4. The molecule has 0 aliphatic rings. The molecule has 8 nitrogen and oxygen atoms in total. The quantitative estimate of drug-likeness (QED) is 0.338. The van der Waals surface area contributed by atoms with Crippen LogP contribution < -0.4 is 10.9 Å². The highest BCUT2D eigenvalue weighted by Crippen LogP contribution is 2.24. The molecule has 0 atom stereocenters. The zero-order valence-electron chi connectivity index (χ0n) is 19.9. The molecule has 0 saturated heterocycles. The highest BCUT2D eigenvalue weighted by molar-refractivity contribution is 5.96. The predicted molar refractivity (Wildman–Crippen MR) is 139 cm³/mol. The van der Waals surface area contributed by atoms with Crippen molar-refractivity contribution in [1.82, 2.24) is 31.1 Å². The Morgan fingerprint density at radius 2 is 1.27 bits per heavy atom. The average Bonchev–Trinajstić information content (AvgIpc) is 3.42. The zero-order valence-corrected chi connectivity index (χ0v) is 19.9. The Bertz CT molecular complexity index is 1430. The lowest BCUT2D eigenvalue weighted by molar-refractivity contribution is -0.122. The fourth-order valence-corrected chi connectivity index (χ4v) is 3.99. The van der Waals surface area contributed by atoms with E-state index in [9.17, 15) is 9.59 Å². The van der Waals surface area contributed by atoms with Gasteiger partial charge in [0.1, 0.15) is 0 Å². The molecule has 2 N–H and O–H groups in total. The lowest BCUT2D eigenvalue weighted by Gasteiger charge is -2.18.